The number of benzene rings is 10. The summed E-state index contributed by atoms with van der Waals surface area (Å²) in [6, 6.07) is 89.1. The molecule has 1 heterocycles. The first kappa shape index (κ1) is 35.0. The molecule has 1 aliphatic rings. The summed E-state index contributed by atoms with van der Waals surface area (Å²) in [5.41, 5.74) is 16.4. The maximum Gasteiger partial charge on any atom is 0.0714 e. The summed E-state index contributed by atoms with van der Waals surface area (Å²) in [6.07, 6.45) is 0. The summed E-state index contributed by atoms with van der Waals surface area (Å²) in [4.78, 5) is 2.44. The van der Waals surface area contributed by atoms with Crippen molar-refractivity contribution in [3.05, 3.63) is 265 Å². The second kappa shape index (κ2) is 14.1. The van der Waals surface area contributed by atoms with Crippen molar-refractivity contribution in [3.63, 3.8) is 0 Å². The van der Waals surface area contributed by atoms with Crippen molar-refractivity contribution in [3.8, 4) is 27.9 Å². The molecule has 286 valence electrons. The first-order chi connectivity index (χ1) is 30.3. The van der Waals surface area contributed by atoms with E-state index in [0.29, 0.717) is 0 Å². The van der Waals surface area contributed by atoms with E-state index in [0.717, 1.165) is 22.7 Å². The van der Waals surface area contributed by atoms with E-state index in [4.69, 9.17) is 0 Å². The molecule has 10 aromatic carbocycles. The van der Waals surface area contributed by atoms with Crippen molar-refractivity contribution in [2.45, 2.75) is 5.41 Å². The Kier molecular flexibility index (Phi) is 8.11. The molecule has 0 fully saturated rings. The van der Waals surface area contributed by atoms with Crippen LogP contribution in [0.5, 0.6) is 0 Å². The Labute approximate surface area is 355 Å². The summed E-state index contributed by atoms with van der Waals surface area (Å²) in [5.74, 6) is 0. The summed E-state index contributed by atoms with van der Waals surface area (Å²) >= 11 is 0. The van der Waals surface area contributed by atoms with Crippen molar-refractivity contribution in [1.29, 1.82) is 0 Å². The predicted molar refractivity (Wildman–Crippen MR) is 256 cm³/mol. The van der Waals surface area contributed by atoms with Crippen molar-refractivity contribution in [1.82, 2.24) is 4.57 Å². The van der Waals surface area contributed by atoms with Gasteiger partial charge in [-0.05, 0) is 116 Å². The average Bonchev–Trinajstić information content (AvgIpc) is 3.83. The number of nitrogens with zero attached hydrogens (tertiary/aromatic N) is 2. The molecule has 0 unspecified atom stereocenters. The first-order valence-electron chi connectivity index (χ1n) is 21.1. The summed E-state index contributed by atoms with van der Waals surface area (Å²) in [7, 11) is 0. The zero-order valence-electron chi connectivity index (χ0n) is 33.5. The Bertz CT molecular complexity index is 3360. The second-order valence-corrected chi connectivity index (χ2v) is 16.1. The Morgan fingerprint density at radius 2 is 0.869 bits per heavy atom. The molecule has 1 aromatic heterocycles. The van der Waals surface area contributed by atoms with Gasteiger partial charge in [-0.3, -0.25) is 0 Å². The Balaban J connectivity index is 1.09. The third-order valence-electron chi connectivity index (χ3n) is 12.9. The van der Waals surface area contributed by atoms with Crippen molar-refractivity contribution >= 4 is 49.6 Å². The van der Waals surface area contributed by atoms with E-state index in [1.54, 1.807) is 0 Å². The summed E-state index contributed by atoms with van der Waals surface area (Å²) < 4.78 is 2.39. The highest BCUT2D eigenvalue weighted by Gasteiger charge is 2.46. The fourth-order valence-corrected chi connectivity index (χ4v) is 10.3. The van der Waals surface area contributed by atoms with E-state index in [2.05, 4.69) is 252 Å². The molecular formula is C59H40N2. The zero-order chi connectivity index (χ0) is 40.3. The first-order valence-corrected chi connectivity index (χ1v) is 21.1. The summed E-state index contributed by atoms with van der Waals surface area (Å²) in [5, 5.41) is 4.94. The summed E-state index contributed by atoms with van der Waals surface area (Å²) in [6.45, 7) is 0. The SMILES string of the molecule is c1ccc(-n2c3ccccc3c3cc(N(c4ccc(-c5cccc6ccccc56)cc4)c4cccc(C5(c6ccccc6)c6ccccc6-c6ccccc65)c4)ccc32)cc1. The van der Waals surface area contributed by atoms with Gasteiger partial charge in [0.1, 0.15) is 0 Å². The number of para-hydroxylation sites is 2. The molecule has 0 spiro atoms. The molecule has 12 rings (SSSR count). The van der Waals surface area contributed by atoms with Crippen LogP contribution in [0.15, 0.2) is 243 Å². The number of fused-ring (bicyclic) bond motifs is 7. The number of anilines is 3. The van der Waals surface area contributed by atoms with Gasteiger partial charge in [-0.2, -0.15) is 0 Å². The van der Waals surface area contributed by atoms with Gasteiger partial charge < -0.3 is 9.47 Å². The highest BCUT2D eigenvalue weighted by molar-refractivity contribution is 6.10. The molecule has 2 heteroatoms. The minimum atomic E-state index is -0.512. The third-order valence-corrected chi connectivity index (χ3v) is 12.9. The largest absolute Gasteiger partial charge is 0.310 e. The normalized spacial score (nSPS) is 12.7. The zero-order valence-corrected chi connectivity index (χ0v) is 33.5. The Morgan fingerprint density at radius 1 is 0.328 bits per heavy atom. The van der Waals surface area contributed by atoms with Gasteiger partial charge in [0.25, 0.3) is 0 Å². The van der Waals surface area contributed by atoms with Crippen LogP contribution >= 0.6 is 0 Å². The standard InChI is InChI=1S/C59H40N2/c1-3-19-43(20-4-1)59(55-30-12-9-26-51(55)52-27-10-13-31-56(52)59)44-21-16-24-47(39-44)60(46-35-33-42(34-36-46)50-29-15-18-41-17-7-8-25-49(41)50)48-37-38-58-54(40-48)53-28-11-14-32-57(53)61(58)45-22-5-2-6-23-45/h1-40H. The van der Waals surface area contributed by atoms with Gasteiger partial charge >= 0.3 is 0 Å². The number of hydrogen-bond donors (Lipinski definition) is 0. The third kappa shape index (κ3) is 5.43. The Morgan fingerprint density at radius 3 is 1.64 bits per heavy atom. The minimum Gasteiger partial charge on any atom is -0.310 e. The molecule has 61 heavy (non-hydrogen) atoms. The average molecular weight is 777 g/mol. The minimum absolute atomic E-state index is 0.512. The number of hydrogen-bond acceptors (Lipinski definition) is 1. The lowest BCUT2D eigenvalue weighted by Gasteiger charge is -2.35. The highest BCUT2D eigenvalue weighted by atomic mass is 15.1. The molecule has 1 aliphatic carbocycles. The van der Waals surface area contributed by atoms with Gasteiger partial charge in [-0.1, -0.05) is 182 Å². The topological polar surface area (TPSA) is 8.17 Å². The fourth-order valence-electron chi connectivity index (χ4n) is 10.3. The maximum atomic E-state index is 2.44. The molecule has 0 atom stereocenters. The van der Waals surface area contributed by atoms with E-state index in [1.807, 2.05) is 0 Å². The predicted octanol–water partition coefficient (Wildman–Crippen LogP) is 15.4. The second-order valence-electron chi connectivity index (χ2n) is 16.1. The quantitative estimate of drug-likeness (QED) is 0.156. The van der Waals surface area contributed by atoms with E-state index in [1.165, 1.54) is 77.1 Å². The van der Waals surface area contributed by atoms with Crippen LogP contribution in [0.1, 0.15) is 22.3 Å². The fraction of sp³-hybridized carbons (Fsp3) is 0.0169. The van der Waals surface area contributed by atoms with Crippen molar-refractivity contribution in [2.75, 3.05) is 4.90 Å². The molecule has 2 nitrogen and oxygen atoms in total. The molecule has 0 radical (unpaired) electrons. The maximum absolute atomic E-state index is 2.44. The van der Waals surface area contributed by atoms with Crippen molar-refractivity contribution in [2.24, 2.45) is 0 Å². The van der Waals surface area contributed by atoms with Gasteiger partial charge in [0.15, 0.2) is 0 Å². The van der Waals surface area contributed by atoms with E-state index < -0.39 is 5.41 Å². The number of aromatic nitrogens is 1. The van der Waals surface area contributed by atoms with Gasteiger partial charge in [0.05, 0.1) is 16.4 Å². The van der Waals surface area contributed by atoms with Gasteiger partial charge in [-0.15, -0.1) is 0 Å². The Hall–Kier alpha value is -7.94. The van der Waals surface area contributed by atoms with Crippen LogP contribution in [0, 0.1) is 0 Å². The van der Waals surface area contributed by atoms with E-state index in [-0.39, 0.29) is 0 Å². The lowest BCUT2D eigenvalue weighted by atomic mass is 9.67. The molecule has 0 saturated heterocycles. The van der Waals surface area contributed by atoms with Crippen LogP contribution in [-0.4, -0.2) is 4.57 Å². The lowest BCUT2D eigenvalue weighted by Crippen LogP contribution is -2.28. The number of rotatable bonds is 7. The van der Waals surface area contributed by atoms with E-state index in [9.17, 15) is 0 Å². The van der Waals surface area contributed by atoms with Crippen LogP contribution in [0.3, 0.4) is 0 Å². The van der Waals surface area contributed by atoms with Gasteiger partial charge in [0, 0.05) is 33.5 Å². The molecular weight excluding hydrogens is 737 g/mol. The molecule has 11 aromatic rings. The lowest BCUT2D eigenvalue weighted by molar-refractivity contribution is 0.768. The van der Waals surface area contributed by atoms with Crippen LogP contribution in [0.25, 0.3) is 60.5 Å². The van der Waals surface area contributed by atoms with Crippen LogP contribution in [0.4, 0.5) is 17.1 Å². The van der Waals surface area contributed by atoms with Gasteiger partial charge in [0.2, 0.25) is 0 Å². The van der Waals surface area contributed by atoms with Crippen molar-refractivity contribution < 1.29 is 0 Å². The molecule has 0 aliphatic heterocycles. The molecule has 0 saturated carbocycles. The molecule has 0 N–H and O–H groups in total. The molecule has 0 bridgehead atoms. The van der Waals surface area contributed by atoms with Gasteiger partial charge in [-0.25, -0.2) is 0 Å². The van der Waals surface area contributed by atoms with Crippen LogP contribution in [0.2, 0.25) is 0 Å². The monoisotopic (exact) mass is 776 g/mol. The van der Waals surface area contributed by atoms with Crippen LogP contribution in [-0.2, 0) is 5.41 Å². The van der Waals surface area contributed by atoms with Crippen LogP contribution < -0.4 is 4.90 Å². The van der Waals surface area contributed by atoms with E-state index >= 15 is 0 Å². The highest BCUT2D eigenvalue weighted by Crippen LogP contribution is 2.56. The molecule has 0 amide bonds. The smallest absolute Gasteiger partial charge is 0.0714 e.